The number of nitrogens with one attached hydrogen (secondary N) is 1. The molecule has 4 nitrogen and oxygen atoms in total. The van der Waals surface area contributed by atoms with Gasteiger partial charge in [0.25, 0.3) is 0 Å². The SMILES string of the molecule is CCNCCC1(Oc2cc(C)nn2C)CCC1. The molecule has 1 aromatic rings. The highest BCUT2D eigenvalue weighted by Gasteiger charge is 2.39. The summed E-state index contributed by atoms with van der Waals surface area (Å²) < 4.78 is 8.03. The Labute approximate surface area is 103 Å². The van der Waals surface area contributed by atoms with E-state index in [2.05, 4.69) is 17.3 Å². The molecule has 17 heavy (non-hydrogen) atoms. The van der Waals surface area contributed by atoms with E-state index < -0.39 is 0 Å². The van der Waals surface area contributed by atoms with Gasteiger partial charge in [-0.05, 0) is 45.7 Å². The van der Waals surface area contributed by atoms with Crippen LogP contribution in [0.15, 0.2) is 6.07 Å². The molecule has 1 aliphatic carbocycles. The molecule has 0 aliphatic heterocycles. The van der Waals surface area contributed by atoms with Crippen LogP contribution in [0.2, 0.25) is 0 Å². The summed E-state index contributed by atoms with van der Waals surface area (Å²) in [4.78, 5) is 0. The molecule has 0 saturated heterocycles. The fraction of sp³-hybridized carbons (Fsp3) is 0.769. The topological polar surface area (TPSA) is 39.1 Å². The van der Waals surface area contributed by atoms with E-state index in [9.17, 15) is 0 Å². The Morgan fingerprint density at radius 1 is 1.53 bits per heavy atom. The molecule has 0 unspecified atom stereocenters. The van der Waals surface area contributed by atoms with Crippen molar-refractivity contribution in [1.29, 1.82) is 0 Å². The molecule has 0 atom stereocenters. The number of hydrogen-bond acceptors (Lipinski definition) is 3. The molecule has 0 amide bonds. The lowest BCUT2D eigenvalue weighted by atomic mass is 9.77. The maximum absolute atomic E-state index is 6.20. The molecule has 1 heterocycles. The van der Waals surface area contributed by atoms with Gasteiger partial charge in [0.15, 0.2) is 0 Å². The van der Waals surface area contributed by atoms with Crippen LogP contribution < -0.4 is 10.1 Å². The van der Waals surface area contributed by atoms with Crippen LogP contribution in [-0.4, -0.2) is 28.5 Å². The van der Waals surface area contributed by atoms with E-state index in [1.807, 2.05) is 24.7 Å². The highest BCUT2D eigenvalue weighted by Crippen LogP contribution is 2.39. The van der Waals surface area contributed by atoms with Crippen molar-refractivity contribution in [1.82, 2.24) is 15.1 Å². The van der Waals surface area contributed by atoms with Crippen molar-refractivity contribution in [2.75, 3.05) is 13.1 Å². The molecule has 4 heteroatoms. The van der Waals surface area contributed by atoms with Gasteiger partial charge in [0.05, 0.1) is 5.69 Å². The third-order valence-electron chi connectivity index (χ3n) is 3.55. The van der Waals surface area contributed by atoms with Gasteiger partial charge in [-0.3, -0.25) is 0 Å². The van der Waals surface area contributed by atoms with Crippen molar-refractivity contribution < 1.29 is 4.74 Å². The normalized spacial score (nSPS) is 17.8. The van der Waals surface area contributed by atoms with Crippen LogP contribution in [0.25, 0.3) is 0 Å². The van der Waals surface area contributed by atoms with Crippen LogP contribution >= 0.6 is 0 Å². The Morgan fingerprint density at radius 3 is 2.76 bits per heavy atom. The molecular weight excluding hydrogens is 214 g/mol. The van der Waals surface area contributed by atoms with Crippen LogP contribution in [0.5, 0.6) is 5.88 Å². The molecule has 1 saturated carbocycles. The van der Waals surface area contributed by atoms with E-state index in [0.29, 0.717) is 0 Å². The maximum Gasteiger partial charge on any atom is 0.212 e. The summed E-state index contributed by atoms with van der Waals surface area (Å²) in [7, 11) is 1.94. The molecule has 2 rings (SSSR count). The van der Waals surface area contributed by atoms with Crippen LogP contribution in [0.3, 0.4) is 0 Å². The van der Waals surface area contributed by atoms with E-state index in [1.165, 1.54) is 19.3 Å². The highest BCUT2D eigenvalue weighted by atomic mass is 16.5. The fourth-order valence-electron chi connectivity index (χ4n) is 2.37. The minimum absolute atomic E-state index is 0.0579. The Bertz CT molecular complexity index is 369. The minimum Gasteiger partial charge on any atom is -0.471 e. The minimum atomic E-state index is 0.0579. The Balaban J connectivity index is 1.97. The summed E-state index contributed by atoms with van der Waals surface area (Å²) in [5, 5.41) is 7.70. The third-order valence-corrected chi connectivity index (χ3v) is 3.55. The van der Waals surface area contributed by atoms with Gasteiger partial charge in [-0.1, -0.05) is 6.92 Å². The lowest BCUT2D eigenvalue weighted by Gasteiger charge is -2.41. The molecule has 1 N–H and O–H groups in total. The van der Waals surface area contributed by atoms with Gasteiger partial charge in [-0.25, -0.2) is 4.68 Å². The Kier molecular flexibility index (Phi) is 3.72. The average Bonchev–Trinajstić information content (AvgIpc) is 2.54. The number of ether oxygens (including phenoxy) is 1. The first-order valence-electron chi connectivity index (χ1n) is 6.55. The summed E-state index contributed by atoms with van der Waals surface area (Å²) in [5.74, 6) is 0.902. The van der Waals surface area contributed by atoms with Gasteiger partial charge in [-0.15, -0.1) is 0 Å². The Morgan fingerprint density at radius 2 is 2.29 bits per heavy atom. The molecule has 0 spiro atoms. The highest BCUT2D eigenvalue weighted by molar-refractivity contribution is 5.16. The average molecular weight is 237 g/mol. The Hall–Kier alpha value is -1.03. The summed E-state index contributed by atoms with van der Waals surface area (Å²) in [5.41, 5.74) is 1.08. The van der Waals surface area contributed by atoms with Crippen LogP contribution in [0.1, 0.15) is 38.3 Å². The van der Waals surface area contributed by atoms with Crippen molar-refractivity contribution in [3.8, 4) is 5.88 Å². The molecule has 0 aromatic carbocycles. The largest absolute Gasteiger partial charge is 0.471 e. The zero-order chi connectivity index (χ0) is 12.3. The summed E-state index contributed by atoms with van der Waals surface area (Å²) in [6, 6.07) is 2.02. The molecule has 0 radical (unpaired) electrons. The monoisotopic (exact) mass is 237 g/mol. The zero-order valence-electron chi connectivity index (χ0n) is 11.1. The quantitative estimate of drug-likeness (QED) is 0.769. The molecule has 96 valence electrons. The first-order chi connectivity index (χ1) is 8.15. The van der Waals surface area contributed by atoms with Crippen LogP contribution in [0.4, 0.5) is 0 Å². The van der Waals surface area contributed by atoms with Gasteiger partial charge in [0, 0.05) is 13.1 Å². The van der Waals surface area contributed by atoms with Crippen molar-refractivity contribution in [3.63, 3.8) is 0 Å². The number of hydrogen-bond donors (Lipinski definition) is 1. The van der Waals surface area contributed by atoms with Crippen LogP contribution in [0, 0.1) is 6.92 Å². The van der Waals surface area contributed by atoms with E-state index in [0.717, 1.165) is 31.1 Å². The standard InChI is InChI=1S/C13H23N3O/c1-4-14-9-8-13(6-5-7-13)17-12-10-11(2)15-16(12)3/h10,14H,4-9H2,1-3H3. The predicted molar refractivity (Wildman–Crippen MR) is 68.3 cm³/mol. The zero-order valence-corrected chi connectivity index (χ0v) is 11.1. The molecular formula is C13H23N3O. The van der Waals surface area contributed by atoms with Gasteiger partial charge in [0.2, 0.25) is 5.88 Å². The lowest BCUT2D eigenvalue weighted by molar-refractivity contribution is -0.0208. The van der Waals surface area contributed by atoms with Gasteiger partial charge >= 0.3 is 0 Å². The number of nitrogens with zero attached hydrogens (tertiary/aromatic N) is 2. The second kappa shape index (κ2) is 5.08. The van der Waals surface area contributed by atoms with Gasteiger partial charge < -0.3 is 10.1 Å². The molecule has 1 aliphatic rings. The van der Waals surface area contributed by atoms with Gasteiger partial charge in [0.1, 0.15) is 5.60 Å². The summed E-state index contributed by atoms with van der Waals surface area (Å²) >= 11 is 0. The van der Waals surface area contributed by atoms with Crippen molar-refractivity contribution in [3.05, 3.63) is 11.8 Å². The number of aryl methyl sites for hydroxylation is 2. The predicted octanol–water partition coefficient (Wildman–Crippen LogP) is 2.03. The van der Waals surface area contributed by atoms with Crippen molar-refractivity contribution in [2.45, 2.75) is 45.1 Å². The first kappa shape index (κ1) is 12.4. The van der Waals surface area contributed by atoms with E-state index >= 15 is 0 Å². The number of aromatic nitrogens is 2. The molecule has 1 aromatic heterocycles. The molecule has 0 bridgehead atoms. The van der Waals surface area contributed by atoms with Gasteiger partial charge in [-0.2, -0.15) is 5.10 Å². The summed E-state index contributed by atoms with van der Waals surface area (Å²) in [6.45, 7) is 6.20. The van der Waals surface area contributed by atoms with E-state index in [-0.39, 0.29) is 5.60 Å². The lowest BCUT2D eigenvalue weighted by Crippen LogP contribution is -2.45. The third kappa shape index (κ3) is 2.80. The van der Waals surface area contributed by atoms with E-state index in [4.69, 9.17) is 4.74 Å². The van der Waals surface area contributed by atoms with Crippen LogP contribution in [-0.2, 0) is 7.05 Å². The second-order valence-corrected chi connectivity index (χ2v) is 4.99. The van der Waals surface area contributed by atoms with E-state index in [1.54, 1.807) is 0 Å². The van der Waals surface area contributed by atoms with Crippen molar-refractivity contribution in [2.24, 2.45) is 7.05 Å². The maximum atomic E-state index is 6.20. The second-order valence-electron chi connectivity index (χ2n) is 4.99. The smallest absolute Gasteiger partial charge is 0.212 e. The van der Waals surface area contributed by atoms with Crippen molar-refractivity contribution >= 4 is 0 Å². The first-order valence-corrected chi connectivity index (χ1v) is 6.55. The number of rotatable bonds is 6. The molecule has 1 fully saturated rings. The fourth-order valence-corrected chi connectivity index (χ4v) is 2.37. The summed E-state index contributed by atoms with van der Waals surface area (Å²) in [6.07, 6.45) is 4.71.